The normalized spacial score (nSPS) is 14.2. The van der Waals surface area contributed by atoms with Crippen molar-refractivity contribution in [1.29, 1.82) is 0 Å². The van der Waals surface area contributed by atoms with E-state index in [0.29, 0.717) is 18.8 Å². The number of H-pyrrole nitrogens is 1. The topological polar surface area (TPSA) is 107 Å². The first kappa shape index (κ1) is 17.4. The number of nitrogens with one attached hydrogen (secondary N) is 1. The average Bonchev–Trinajstić information content (AvgIpc) is 3.39. The van der Waals surface area contributed by atoms with Gasteiger partial charge in [-0.15, -0.1) is 11.3 Å². The minimum Gasteiger partial charge on any atom is -0.478 e. The van der Waals surface area contributed by atoms with Crippen molar-refractivity contribution in [2.24, 2.45) is 0 Å². The van der Waals surface area contributed by atoms with Gasteiger partial charge in [-0.3, -0.25) is 9.89 Å². The van der Waals surface area contributed by atoms with Crippen LogP contribution in [0.4, 0.5) is 0 Å². The molecule has 2 aromatic heterocycles. The van der Waals surface area contributed by atoms with Gasteiger partial charge in [-0.05, 0) is 23.6 Å². The third-order valence-electron chi connectivity index (χ3n) is 4.73. The Hall–Kier alpha value is -2.97. The van der Waals surface area contributed by atoms with Gasteiger partial charge in [0.2, 0.25) is 5.91 Å². The number of nitrogens with zero attached hydrogens (tertiary/aromatic N) is 2. The van der Waals surface area contributed by atoms with Gasteiger partial charge in [0, 0.05) is 16.0 Å². The molecular formula is C19H17N3O4S. The Morgan fingerprint density at radius 2 is 2.00 bits per heavy atom. The fraction of sp³-hybridized carbons (Fsp3) is 0.211. The molecule has 0 fully saturated rings. The number of thiophene rings is 1. The number of aromatic nitrogens is 2. The molecule has 0 radical (unpaired) electrons. The van der Waals surface area contributed by atoms with Crippen molar-refractivity contribution in [3.8, 4) is 11.3 Å². The highest BCUT2D eigenvalue weighted by molar-refractivity contribution is 7.10. The van der Waals surface area contributed by atoms with Crippen LogP contribution >= 0.6 is 11.3 Å². The van der Waals surface area contributed by atoms with E-state index >= 15 is 0 Å². The highest BCUT2D eigenvalue weighted by atomic mass is 32.1. The molecule has 3 aromatic rings. The summed E-state index contributed by atoms with van der Waals surface area (Å²) < 4.78 is 0. The molecule has 1 aliphatic heterocycles. The summed E-state index contributed by atoms with van der Waals surface area (Å²) in [5.74, 6) is -1.65. The van der Waals surface area contributed by atoms with Crippen molar-refractivity contribution >= 4 is 23.2 Å². The van der Waals surface area contributed by atoms with Crippen molar-refractivity contribution in [3.05, 3.63) is 63.5 Å². The van der Waals surface area contributed by atoms with Crippen LogP contribution in [0.2, 0.25) is 0 Å². The number of rotatable bonds is 5. The molecule has 1 aliphatic rings. The number of carbonyl (C=O) groups is 2. The summed E-state index contributed by atoms with van der Waals surface area (Å²) in [5, 5.41) is 27.9. The molecule has 7 nitrogen and oxygen atoms in total. The second-order valence-electron chi connectivity index (χ2n) is 6.36. The molecule has 8 heteroatoms. The van der Waals surface area contributed by atoms with Crippen LogP contribution in [0.3, 0.4) is 0 Å². The van der Waals surface area contributed by atoms with Gasteiger partial charge in [-0.2, -0.15) is 5.10 Å². The monoisotopic (exact) mass is 383 g/mol. The van der Waals surface area contributed by atoms with Gasteiger partial charge in [-0.25, -0.2) is 4.79 Å². The van der Waals surface area contributed by atoms with Crippen LogP contribution in [0.1, 0.15) is 32.4 Å². The fourth-order valence-corrected chi connectivity index (χ4v) is 4.12. The number of hydrogen-bond donors (Lipinski definition) is 3. The first-order valence-corrected chi connectivity index (χ1v) is 9.29. The van der Waals surface area contributed by atoms with E-state index in [1.807, 2.05) is 17.5 Å². The number of hydrogen-bond acceptors (Lipinski definition) is 5. The van der Waals surface area contributed by atoms with E-state index in [9.17, 15) is 14.7 Å². The number of aliphatic hydroxyl groups excluding tert-OH is 1. The first-order valence-electron chi connectivity index (χ1n) is 8.41. The van der Waals surface area contributed by atoms with Crippen molar-refractivity contribution in [2.75, 3.05) is 6.61 Å². The highest BCUT2D eigenvalue weighted by Crippen LogP contribution is 2.33. The lowest BCUT2D eigenvalue weighted by atomic mass is 10.0. The van der Waals surface area contributed by atoms with Crippen molar-refractivity contribution in [1.82, 2.24) is 15.1 Å². The lowest BCUT2D eigenvalue weighted by molar-refractivity contribution is -0.134. The summed E-state index contributed by atoms with van der Waals surface area (Å²) in [6, 6.07) is 10.2. The van der Waals surface area contributed by atoms with E-state index in [0.717, 1.165) is 21.7 Å². The second-order valence-corrected chi connectivity index (χ2v) is 7.34. The Balaban J connectivity index is 1.56. The molecule has 0 saturated heterocycles. The largest absolute Gasteiger partial charge is 0.478 e. The fourth-order valence-electron chi connectivity index (χ4n) is 3.30. The SMILES string of the molecule is O=C(O)c1ccc(-c2n[nH]c3c2CN(C(=O)C(CO)c2cccs2)C3)cc1. The lowest BCUT2D eigenvalue weighted by Gasteiger charge is -2.21. The molecule has 0 bridgehead atoms. The van der Waals surface area contributed by atoms with Gasteiger partial charge in [0.15, 0.2) is 0 Å². The lowest BCUT2D eigenvalue weighted by Crippen LogP contribution is -2.32. The number of carboxylic acid groups (broad SMARTS) is 1. The molecule has 1 amide bonds. The minimum absolute atomic E-state index is 0.114. The maximum atomic E-state index is 12.9. The van der Waals surface area contributed by atoms with Gasteiger partial charge >= 0.3 is 5.97 Å². The number of benzene rings is 1. The first-order chi connectivity index (χ1) is 13.1. The molecule has 138 valence electrons. The van der Waals surface area contributed by atoms with Crippen molar-refractivity contribution in [2.45, 2.75) is 19.0 Å². The van der Waals surface area contributed by atoms with Gasteiger partial charge in [0.1, 0.15) is 0 Å². The van der Waals surface area contributed by atoms with Crippen LogP contribution in [0.15, 0.2) is 41.8 Å². The minimum atomic E-state index is -0.978. The van der Waals surface area contributed by atoms with E-state index < -0.39 is 11.9 Å². The zero-order valence-corrected chi connectivity index (χ0v) is 15.1. The summed E-state index contributed by atoms with van der Waals surface area (Å²) >= 11 is 1.46. The molecular weight excluding hydrogens is 366 g/mol. The molecule has 1 unspecified atom stereocenters. The molecule has 3 N–H and O–H groups in total. The predicted octanol–water partition coefficient (Wildman–Crippen LogP) is 2.45. The Morgan fingerprint density at radius 3 is 2.63 bits per heavy atom. The van der Waals surface area contributed by atoms with Crippen LogP contribution in [0, 0.1) is 0 Å². The Bertz CT molecular complexity index is 979. The summed E-state index contributed by atoms with van der Waals surface area (Å²) in [4.78, 5) is 26.4. The molecule has 4 rings (SSSR count). The summed E-state index contributed by atoms with van der Waals surface area (Å²) in [6.45, 7) is 0.588. The Morgan fingerprint density at radius 1 is 1.22 bits per heavy atom. The second kappa shape index (κ2) is 6.98. The summed E-state index contributed by atoms with van der Waals surface area (Å²) in [6.07, 6.45) is 0. The quantitative estimate of drug-likeness (QED) is 0.627. The van der Waals surface area contributed by atoms with E-state index in [4.69, 9.17) is 5.11 Å². The molecule has 1 atom stereocenters. The zero-order chi connectivity index (χ0) is 19.0. The third-order valence-corrected chi connectivity index (χ3v) is 5.72. The van der Waals surface area contributed by atoms with Gasteiger partial charge in [0.25, 0.3) is 0 Å². The maximum Gasteiger partial charge on any atom is 0.335 e. The highest BCUT2D eigenvalue weighted by Gasteiger charge is 2.33. The molecule has 1 aromatic carbocycles. The van der Waals surface area contributed by atoms with Crippen molar-refractivity contribution < 1.29 is 19.8 Å². The molecule has 0 aliphatic carbocycles. The van der Waals surface area contributed by atoms with Gasteiger partial charge in [-0.1, -0.05) is 18.2 Å². The number of amides is 1. The Labute approximate surface area is 158 Å². The van der Waals surface area contributed by atoms with Gasteiger partial charge in [0.05, 0.1) is 42.6 Å². The molecule has 0 spiro atoms. The number of fused-ring (bicyclic) bond motifs is 1. The number of aliphatic hydroxyl groups is 1. The van der Waals surface area contributed by atoms with Crippen molar-refractivity contribution in [3.63, 3.8) is 0 Å². The van der Waals surface area contributed by atoms with Crippen LogP contribution in [-0.4, -0.2) is 43.8 Å². The average molecular weight is 383 g/mol. The van der Waals surface area contributed by atoms with E-state index in [2.05, 4.69) is 10.2 Å². The maximum absolute atomic E-state index is 12.9. The Kier molecular flexibility index (Phi) is 4.51. The smallest absolute Gasteiger partial charge is 0.335 e. The van der Waals surface area contributed by atoms with E-state index in [1.165, 1.54) is 23.5 Å². The van der Waals surface area contributed by atoms with E-state index in [1.54, 1.807) is 17.0 Å². The van der Waals surface area contributed by atoms with Crippen LogP contribution < -0.4 is 0 Å². The number of carbonyl (C=O) groups excluding carboxylic acids is 1. The van der Waals surface area contributed by atoms with Crippen LogP contribution in [0.5, 0.6) is 0 Å². The number of aromatic amines is 1. The molecule has 0 saturated carbocycles. The summed E-state index contributed by atoms with van der Waals surface area (Å²) in [5.41, 5.74) is 3.51. The standard InChI is InChI=1S/C19H17N3O4S/c23-10-14(16-2-1-7-27-16)18(24)22-8-13-15(9-22)20-21-17(13)11-3-5-12(6-4-11)19(25)26/h1-7,14,23H,8-10H2,(H,20,21)(H,25,26). The van der Waals surface area contributed by atoms with Crippen LogP contribution in [-0.2, 0) is 17.9 Å². The summed E-state index contributed by atoms with van der Waals surface area (Å²) in [7, 11) is 0. The number of carboxylic acids is 1. The van der Waals surface area contributed by atoms with Crippen LogP contribution in [0.25, 0.3) is 11.3 Å². The van der Waals surface area contributed by atoms with Gasteiger partial charge < -0.3 is 15.1 Å². The zero-order valence-electron chi connectivity index (χ0n) is 14.3. The predicted molar refractivity (Wildman–Crippen MR) is 99.4 cm³/mol. The van der Waals surface area contributed by atoms with E-state index in [-0.39, 0.29) is 18.1 Å². The number of aromatic carboxylic acids is 1. The third kappa shape index (κ3) is 3.13. The molecule has 3 heterocycles. The molecule has 27 heavy (non-hydrogen) atoms.